The number of rotatable bonds is 5. The predicted octanol–water partition coefficient (Wildman–Crippen LogP) is 3.55. The number of H-pyrrole nitrogens is 1. The van der Waals surface area contributed by atoms with E-state index in [9.17, 15) is 19.2 Å². The minimum absolute atomic E-state index is 0.0241. The van der Waals surface area contributed by atoms with Crippen LogP contribution < -0.4 is 10.2 Å². The molecule has 3 aromatic heterocycles. The van der Waals surface area contributed by atoms with E-state index >= 15 is 0 Å². The van der Waals surface area contributed by atoms with Gasteiger partial charge in [0.15, 0.2) is 0 Å². The van der Waals surface area contributed by atoms with E-state index in [0.717, 1.165) is 80.5 Å². The van der Waals surface area contributed by atoms with Crippen molar-refractivity contribution in [2.45, 2.75) is 13.0 Å². The molecule has 2 aromatic carbocycles. The van der Waals surface area contributed by atoms with Gasteiger partial charge in [0.25, 0.3) is 11.8 Å². The van der Waals surface area contributed by atoms with Crippen LogP contribution in [-0.4, -0.2) is 86.3 Å². The van der Waals surface area contributed by atoms with E-state index in [0.29, 0.717) is 6.54 Å². The summed E-state index contributed by atoms with van der Waals surface area (Å²) in [5, 5.41) is 6.26. The number of imide groups is 2. The minimum Gasteiger partial charge on any atom is -0.354 e. The first kappa shape index (κ1) is 27.0. The third kappa shape index (κ3) is 4.66. The average Bonchev–Trinajstić information content (AvgIpc) is 3.55. The maximum Gasteiger partial charge on any atom is 0.343 e. The SMILES string of the molecule is O=C1CCN(N2C(=O)c3ccc(CN4CCN(c5ccc(-c6ccc7c(c6)[nH]c6ccncc67)cn5)CC4)cc3C2=O)C(=O)N1. The second-order valence-corrected chi connectivity index (χ2v) is 11.5. The van der Waals surface area contributed by atoms with Gasteiger partial charge < -0.3 is 9.88 Å². The number of aromatic amines is 1. The Kier molecular flexibility index (Phi) is 6.31. The fourth-order valence-corrected chi connectivity index (χ4v) is 6.40. The molecule has 0 bridgehead atoms. The standard InChI is InChI=1S/C33H28N8O4/c42-30-8-10-40(33(45)37-30)41-31(43)24-4-1-20(15-25(24)32(41)44)19-38-11-13-39(14-12-38)29-6-3-22(17-35-29)21-2-5-23-26-18-34-9-7-27(26)36-28(23)16-21/h1-7,9,15-18,36H,8,10-14,19H2,(H,37,42,45). The van der Waals surface area contributed by atoms with Crippen LogP contribution in [-0.2, 0) is 11.3 Å². The molecule has 12 heteroatoms. The number of hydrazine groups is 1. The second kappa shape index (κ2) is 10.5. The lowest BCUT2D eigenvalue weighted by Crippen LogP contribution is -2.58. The number of benzene rings is 2. The summed E-state index contributed by atoms with van der Waals surface area (Å²) in [5.74, 6) is -0.615. The number of hydrogen-bond acceptors (Lipinski definition) is 8. The number of hydrogen-bond donors (Lipinski definition) is 2. The highest BCUT2D eigenvalue weighted by molar-refractivity contribution is 6.22. The molecule has 2 fully saturated rings. The zero-order valence-corrected chi connectivity index (χ0v) is 24.2. The number of nitrogens with one attached hydrogen (secondary N) is 2. The largest absolute Gasteiger partial charge is 0.354 e. The molecule has 8 rings (SSSR count). The summed E-state index contributed by atoms with van der Waals surface area (Å²) in [4.78, 5) is 67.0. The van der Waals surface area contributed by atoms with E-state index in [-0.39, 0.29) is 24.1 Å². The van der Waals surface area contributed by atoms with Crippen molar-refractivity contribution in [3.8, 4) is 11.1 Å². The van der Waals surface area contributed by atoms with Gasteiger partial charge in [0.1, 0.15) is 5.82 Å². The van der Waals surface area contributed by atoms with E-state index in [1.807, 2.05) is 24.5 Å². The van der Waals surface area contributed by atoms with Gasteiger partial charge in [0, 0.05) is 85.1 Å². The lowest BCUT2D eigenvalue weighted by Gasteiger charge is -2.35. The van der Waals surface area contributed by atoms with E-state index in [1.165, 1.54) is 0 Å². The summed E-state index contributed by atoms with van der Waals surface area (Å²) in [6, 6.07) is 17.0. The van der Waals surface area contributed by atoms with Crippen LogP contribution in [0.2, 0.25) is 0 Å². The maximum absolute atomic E-state index is 13.2. The third-order valence-corrected chi connectivity index (χ3v) is 8.79. The van der Waals surface area contributed by atoms with Crippen molar-refractivity contribution in [3.05, 3.63) is 89.9 Å². The van der Waals surface area contributed by atoms with Gasteiger partial charge in [-0.3, -0.25) is 29.6 Å². The first-order valence-electron chi connectivity index (χ1n) is 14.8. The molecule has 0 spiro atoms. The maximum atomic E-state index is 13.2. The Bertz CT molecular complexity index is 2030. The fourth-order valence-electron chi connectivity index (χ4n) is 6.40. The molecule has 0 atom stereocenters. The van der Waals surface area contributed by atoms with Crippen molar-refractivity contribution in [1.82, 2.24) is 35.2 Å². The summed E-state index contributed by atoms with van der Waals surface area (Å²) in [7, 11) is 0. The van der Waals surface area contributed by atoms with E-state index in [1.54, 1.807) is 18.3 Å². The molecule has 6 heterocycles. The normalized spacial score (nSPS) is 17.5. The highest BCUT2D eigenvalue weighted by Gasteiger charge is 2.43. The number of aromatic nitrogens is 3. The molecule has 0 unspecified atom stereocenters. The number of pyridine rings is 2. The first-order chi connectivity index (χ1) is 21.9. The average molecular weight is 601 g/mol. The highest BCUT2D eigenvalue weighted by Crippen LogP contribution is 2.30. The molecule has 0 aliphatic carbocycles. The van der Waals surface area contributed by atoms with Crippen LogP contribution in [0.25, 0.3) is 32.9 Å². The number of amides is 5. The molecule has 12 nitrogen and oxygen atoms in total. The first-order valence-corrected chi connectivity index (χ1v) is 14.8. The predicted molar refractivity (Wildman–Crippen MR) is 166 cm³/mol. The number of urea groups is 1. The molecule has 0 radical (unpaired) electrons. The zero-order chi connectivity index (χ0) is 30.7. The van der Waals surface area contributed by atoms with Crippen LogP contribution >= 0.6 is 0 Å². The van der Waals surface area contributed by atoms with Gasteiger partial charge in [0.05, 0.1) is 17.7 Å². The van der Waals surface area contributed by atoms with Crippen molar-refractivity contribution in [2.24, 2.45) is 0 Å². The Morgan fingerprint density at radius 2 is 1.56 bits per heavy atom. The lowest BCUT2D eigenvalue weighted by molar-refractivity contribution is -0.122. The molecule has 2 saturated heterocycles. The molecule has 2 N–H and O–H groups in total. The quantitative estimate of drug-likeness (QED) is 0.293. The summed E-state index contributed by atoms with van der Waals surface area (Å²) >= 11 is 0. The topological polar surface area (TPSA) is 135 Å². The van der Waals surface area contributed by atoms with Gasteiger partial charge in [-0.1, -0.05) is 18.2 Å². The van der Waals surface area contributed by atoms with Gasteiger partial charge in [0.2, 0.25) is 5.91 Å². The Hall–Kier alpha value is -5.62. The summed E-state index contributed by atoms with van der Waals surface area (Å²) in [5.41, 5.74) is 5.72. The van der Waals surface area contributed by atoms with Crippen molar-refractivity contribution in [2.75, 3.05) is 37.6 Å². The molecular formula is C33H28N8O4. The van der Waals surface area contributed by atoms with Gasteiger partial charge in [-0.05, 0) is 47.5 Å². The lowest BCUT2D eigenvalue weighted by atomic mass is 10.0. The van der Waals surface area contributed by atoms with Crippen LogP contribution in [0.1, 0.15) is 32.7 Å². The summed E-state index contributed by atoms with van der Waals surface area (Å²) in [6.45, 7) is 3.84. The monoisotopic (exact) mass is 600 g/mol. The number of carbonyl (C=O) groups excluding carboxylic acids is 4. The van der Waals surface area contributed by atoms with Crippen LogP contribution in [0.3, 0.4) is 0 Å². The summed E-state index contributed by atoms with van der Waals surface area (Å²) in [6.07, 6.45) is 5.62. The smallest absolute Gasteiger partial charge is 0.343 e. The Morgan fingerprint density at radius 1 is 0.733 bits per heavy atom. The van der Waals surface area contributed by atoms with E-state index < -0.39 is 23.8 Å². The minimum atomic E-state index is -0.771. The molecule has 3 aliphatic heterocycles. The van der Waals surface area contributed by atoms with E-state index in [2.05, 4.69) is 55.4 Å². The van der Waals surface area contributed by atoms with Crippen LogP contribution in [0.5, 0.6) is 0 Å². The Balaban J connectivity index is 0.907. The van der Waals surface area contributed by atoms with Gasteiger partial charge >= 0.3 is 6.03 Å². The van der Waals surface area contributed by atoms with Crippen molar-refractivity contribution >= 4 is 51.4 Å². The number of piperazine rings is 1. The molecule has 3 aliphatic rings. The van der Waals surface area contributed by atoms with Crippen LogP contribution in [0.15, 0.2) is 73.2 Å². The zero-order valence-electron chi connectivity index (χ0n) is 24.2. The summed E-state index contributed by atoms with van der Waals surface area (Å²) < 4.78 is 0. The van der Waals surface area contributed by atoms with Crippen molar-refractivity contribution < 1.29 is 19.2 Å². The fraction of sp³-hybridized carbons (Fsp3) is 0.212. The number of fused-ring (bicyclic) bond motifs is 4. The number of carbonyl (C=O) groups is 4. The molecule has 5 amide bonds. The number of nitrogens with zero attached hydrogens (tertiary/aromatic N) is 6. The molecule has 0 saturated carbocycles. The van der Waals surface area contributed by atoms with Gasteiger partial charge in [-0.25, -0.2) is 14.8 Å². The van der Waals surface area contributed by atoms with Crippen molar-refractivity contribution in [1.29, 1.82) is 0 Å². The molecular weight excluding hydrogens is 572 g/mol. The Morgan fingerprint density at radius 3 is 2.36 bits per heavy atom. The molecule has 45 heavy (non-hydrogen) atoms. The van der Waals surface area contributed by atoms with Gasteiger partial charge in [-0.2, -0.15) is 5.01 Å². The van der Waals surface area contributed by atoms with Crippen molar-refractivity contribution in [3.63, 3.8) is 0 Å². The van der Waals surface area contributed by atoms with Crippen LogP contribution in [0.4, 0.5) is 10.6 Å². The molecule has 224 valence electrons. The number of anilines is 1. The van der Waals surface area contributed by atoms with E-state index in [4.69, 9.17) is 4.98 Å². The van der Waals surface area contributed by atoms with Gasteiger partial charge in [-0.15, -0.1) is 0 Å². The Labute approximate surface area is 257 Å². The molecule has 5 aromatic rings. The second-order valence-electron chi connectivity index (χ2n) is 11.5. The highest BCUT2D eigenvalue weighted by atomic mass is 16.2. The third-order valence-electron chi connectivity index (χ3n) is 8.79. The van der Waals surface area contributed by atoms with Crippen LogP contribution in [0, 0.1) is 0 Å².